The summed E-state index contributed by atoms with van der Waals surface area (Å²) >= 11 is 0. The Bertz CT molecular complexity index is 540. The third-order valence-corrected chi connectivity index (χ3v) is 3.24. The van der Waals surface area contributed by atoms with Gasteiger partial charge in [0.15, 0.2) is 0 Å². The quantitative estimate of drug-likeness (QED) is 0.632. The van der Waals surface area contributed by atoms with Crippen molar-refractivity contribution >= 4 is 17.6 Å². The zero-order chi connectivity index (χ0) is 14.8. The molecule has 108 valence electrons. The van der Waals surface area contributed by atoms with E-state index in [9.17, 15) is 14.7 Å². The molecular formula is C14H18N2O4. The van der Waals surface area contributed by atoms with Gasteiger partial charge in [0.25, 0.3) is 5.91 Å². The van der Waals surface area contributed by atoms with Crippen molar-refractivity contribution in [3.8, 4) is 0 Å². The van der Waals surface area contributed by atoms with E-state index in [0.29, 0.717) is 5.56 Å². The Morgan fingerprint density at radius 3 is 2.90 bits per heavy atom. The molecule has 6 heteroatoms. The van der Waals surface area contributed by atoms with E-state index in [1.54, 1.807) is 6.07 Å². The predicted molar refractivity (Wildman–Crippen MR) is 73.8 cm³/mol. The average molecular weight is 278 g/mol. The normalized spacial score (nSPS) is 15.9. The Morgan fingerprint density at radius 1 is 1.45 bits per heavy atom. The second kappa shape index (κ2) is 5.50. The molecule has 1 aliphatic rings. The fourth-order valence-electron chi connectivity index (χ4n) is 2.21. The molecule has 0 spiro atoms. The molecule has 0 saturated heterocycles. The van der Waals surface area contributed by atoms with Crippen LogP contribution in [0.15, 0.2) is 18.2 Å². The van der Waals surface area contributed by atoms with Crippen LogP contribution < -0.4 is 10.6 Å². The maximum absolute atomic E-state index is 12.0. The van der Waals surface area contributed by atoms with Gasteiger partial charge in [0.05, 0.1) is 12.0 Å². The number of nitrogens with one attached hydrogen (secondary N) is 2. The van der Waals surface area contributed by atoms with Crippen LogP contribution in [0.25, 0.3) is 0 Å². The molecule has 0 bridgehead atoms. The van der Waals surface area contributed by atoms with Crippen LogP contribution in [0.5, 0.6) is 0 Å². The highest BCUT2D eigenvalue weighted by molar-refractivity contribution is 5.95. The first-order valence-electron chi connectivity index (χ1n) is 6.46. The van der Waals surface area contributed by atoms with Crippen molar-refractivity contribution in [3.63, 3.8) is 0 Å². The highest BCUT2D eigenvalue weighted by atomic mass is 16.4. The molecule has 4 N–H and O–H groups in total. The smallest absolute Gasteiger partial charge is 0.306 e. The van der Waals surface area contributed by atoms with Gasteiger partial charge >= 0.3 is 5.97 Å². The first kappa shape index (κ1) is 14.3. The molecule has 1 aromatic rings. The number of hydrogen-bond acceptors (Lipinski definition) is 4. The number of carboxylic acid groups (broad SMARTS) is 1. The molecule has 0 saturated carbocycles. The molecule has 1 atom stereocenters. The van der Waals surface area contributed by atoms with Gasteiger partial charge in [-0.1, -0.05) is 0 Å². The molecule has 0 fully saturated rings. The number of benzene rings is 1. The van der Waals surface area contributed by atoms with E-state index in [2.05, 4.69) is 10.6 Å². The van der Waals surface area contributed by atoms with Gasteiger partial charge in [-0.2, -0.15) is 0 Å². The SMILES string of the molecule is CC(O)(CNC(=O)c1ccc2c(c1)CCN2)CC(=O)O. The molecule has 0 aromatic heterocycles. The van der Waals surface area contributed by atoms with Crippen LogP contribution in [0.3, 0.4) is 0 Å². The van der Waals surface area contributed by atoms with Gasteiger partial charge in [0.1, 0.15) is 0 Å². The van der Waals surface area contributed by atoms with E-state index in [0.717, 1.165) is 24.2 Å². The third-order valence-electron chi connectivity index (χ3n) is 3.24. The first-order chi connectivity index (χ1) is 9.37. The van der Waals surface area contributed by atoms with Crippen molar-refractivity contribution in [1.82, 2.24) is 5.32 Å². The molecule has 20 heavy (non-hydrogen) atoms. The first-order valence-corrected chi connectivity index (χ1v) is 6.46. The number of fused-ring (bicyclic) bond motifs is 1. The Balaban J connectivity index is 1.97. The van der Waals surface area contributed by atoms with Crippen molar-refractivity contribution in [2.45, 2.75) is 25.4 Å². The van der Waals surface area contributed by atoms with E-state index >= 15 is 0 Å². The molecule has 1 aliphatic heterocycles. The number of aliphatic hydroxyl groups is 1. The third kappa shape index (κ3) is 3.48. The summed E-state index contributed by atoms with van der Waals surface area (Å²) in [7, 11) is 0. The molecule has 2 rings (SSSR count). The van der Waals surface area contributed by atoms with Crippen molar-refractivity contribution in [2.24, 2.45) is 0 Å². The average Bonchev–Trinajstić information content (AvgIpc) is 2.81. The van der Waals surface area contributed by atoms with Crippen LogP contribution in [0.4, 0.5) is 5.69 Å². The van der Waals surface area contributed by atoms with Gasteiger partial charge in [-0.25, -0.2) is 0 Å². The lowest BCUT2D eigenvalue weighted by molar-refractivity contribution is -0.141. The van der Waals surface area contributed by atoms with Crippen molar-refractivity contribution in [2.75, 3.05) is 18.4 Å². The topological polar surface area (TPSA) is 98.7 Å². The summed E-state index contributed by atoms with van der Waals surface area (Å²) in [6.07, 6.45) is 0.467. The molecular weight excluding hydrogens is 260 g/mol. The summed E-state index contributed by atoms with van der Waals surface area (Å²) < 4.78 is 0. The number of carboxylic acids is 1. The number of anilines is 1. The molecule has 0 aliphatic carbocycles. The van der Waals surface area contributed by atoms with Gasteiger partial charge in [-0.05, 0) is 37.1 Å². The molecule has 1 aromatic carbocycles. The summed E-state index contributed by atoms with van der Waals surface area (Å²) in [5.41, 5.74) is 1.19. The Morgan fingerprint density at radius 2 is 2.20 bits per heavy atom. The van der Waals surface area contributed by atoms with E-state index in [4.69, 9.17) is 5.11 Å². The van der Waals surface area contributed by atoms with Crippen LogP contribution in [-0.2, 0) is 11.2 Å². The van der Waals surface area contributed by atoms with Crippen molar-refractivity contribution in [3.05, 3.63) is 29.3 Å². The van der Waals surface area contributed by atoms with E-state index in [1.807, 2.05) is 12.1 Å². The maximum Gasteiger partial charge on any atom is 0.306 e. The molecule has 1 amide bonds. The number of hydrogen-bond donors (Lipinski definition) is 4. The van der Waals surface area contributed by atoms with E-state index in [1.165, 1.54) is 6.92 Å². The van der Waals surface area contributed by atoms with Gasteiger partial charge in [-0.15, -0.1) is 0 Å². The molecule has 0 radical (unpaired) electrons. The summed E-state index contributed by atoms with van der Waals surface area (Å²) in [6.45, 7) is 2.15. The Kier molecular flexibility index (Phi) is 3.94. The highest BCUT2D eigenvalue weighted by Gasteiger charge is 2.25. The van der Waals surface area contributed by atoms with Crippen LogP contribution in [-0.4, -0.2) is 40.8 Å². The largest absolute Gasteiger partial charge is 0.481 e. The number of amides is 1. The fourth-order valence-corrected chi connectivity index (χ4v) is 2.21. The lowest BCUT2D eigenvalue weighted by Crippen LogP contribution is -2.42. The summed E-state index contributed by atoms with van der Waals surface area (Å²) in [5, 5.41) is 24.3. The maximum atomic E-state index is 12.0. The lowest BCUT2D eigenvalue weighted by atomic mass is 10.0. The second-order valence-corrected chi connectivity index (χ2v) is 5.30. The van der Waals surface area contributed by atoms with Crippen molar-refractivity contribution in [1.29, 1.82) is 0 Å². The minimum atomic E-state index is -1.46. The van der Waals surface area contributed by atoms with Crippen LogP contribution in [0.2, 0.25) is 0 Å². The monoisotopic (exact) mass is 278 g/mol. The number of carbonyl (C=O) groups excluding carboxylic acids is 1. The minimum Gasteiger partial charge on any atom is -0.481 e. The van der Waals surface area contributed by atoms with Gasteiger partial charge in [0, 0.05) is 24.3 Å². The van der Waals surface area contributed by atoms with Crippen molar-refractivity contribution < 1.29 is 19.8 Å². The summed E-state index contributed by atoms with van der Waals surface area (Å²) in [6, 6.07) is 5.38. The number of aliphatic carboxylic acids is 1. The number of rotatable bonds is 5. The van der Waals surface area contributed by atoms with Gasteiger partial charge < -0.3 is 20.8 Å². The highest BCUT2D eigenvalue weighted by Crippen LogP contribution is 2.23. The van der Waals surface area contributed by atoms with E-state index in [-0.39, 0.29) is 12.5 Å². The summed E-state index contributed by atoms with van der Waals surface area (Å²) in [5.74, 6) is -1.42. The zero-order valence-electron chi connectivity index (χ0n) is 11.3. The zero-order valence-corrected chi connectivity index (χ0v) is 11.3. The Labute approximate surface area is 116 Å². The predicted octanol–water partition coefficient (Wildman–Crippen LogP) is 0.610. The number of carbonyl (C=O) groups is 2. The van der Waals surface area contributed by atoms with Gasteiger partial charge in [0.2, 0.25) is 0 Å². The van der Waals surface area contributed by atoms with Crippen LogP contribution in [0, 0.1) is 0 Å². The standard InChI is InChI=1S/C14H18N2O4/c1-14(20,7-12(17)18)8-16-13(19)10-2-3-11-9(6-10)4-5-15-11/h2-3,6,15,20H,4-5,7-8H2,1H3,(H,16,19)(H,17,18). The lowest BCUT2D eigenvalue weighted by Gasteiger charge is -2.21. The van der Waals surface area contributed by atoms with E-state index < -0.39 is 18.0 Å². The minimum absolute atomic E-state index is 0.104. The Hall–Kier alpha value is -2.08. The molecule has 1 heterocycles. The summed E-state index contributed by atoms with van der Waals surface area (Å²) in [4.78, 5) is 22.6. The molecule has 6 nitrogen and oxygen atoms in total. The second-order valence-electron chi connectivity index (χ2n) is 5.30. The van der Waals surface area contributed by atoms with Gasteiger partial charge in [-0.3, -0.25) is 9.59 Å². The fraction of sp³-hybridized carbons (Fsp3) is 0.429. The van der Waals surface area contributed by atoms with Crippen LogP contribution in [0.1, 0.15) is 29.3 Å². The molecule has 1 unspecified atom stereocenters. The van der Waals surface area contributed by atoms with Crippen LogP contribution >= 0.6 is 0 Å².